The molecule has 1 saturated carbocycles. The van der Waals surface area contributed by atoms with Gasteiger partial charge in [-0.3, -0.25) is 4.90 Å². The van der Waals surface area contributed by atoms with Crippen molar-refractivity contribution in [3.63, 3.8) is 0 Å². The minimum absolute atomic E-state index is 0.0426. The number of benzene rings is 1. The van der Waals surface area contributed by atoms with E-state index in [2.05, 4.69) is 18.0 Å². The smallest absolute Gasteiger partial charge is 0.386 e. The molecule has 4 aliphatic heterocycles. The highest BCUT2D eigenvalue weighted by atomic mass is 16.5. The maximum atomic E-state index is 14.5. The molecule has 0 spiro atoms. The van der Waals surface area contributed by atoms with Crippen LogP contribution >= 0.6 is 0 Å². The van der Waals surface area contributed by atoms with E-state index in [4.69, 9.17) is 9.73 Å². The molecular formula is C31H45N4O4+. The first-order chi connectivity index (χ1) is 18.8. The summed E-state index contributed by atoms with van der Waals surface area (Å²) >= 11 is 0. The van der Waals surface area contributed by atoms with Gasteiger partial charge in [-0.15, -0.1) is 0 Å². The number of likely N-dealkylation sites (N-methyl/N-ethyl adjacent to an activating group) is 1. The molecule has 5 aliphatic rings. The molecule has 212 valence electrons. The standard InChI is InChI=1S/C31H45N4O4/c1-35(25-20-23-14-15-24(21-25)34(23)22-10-6-4-3-5-7-11-22)27-13-9-8-12-26(27)32-28(29(35)36)33-18-16-31(38,17-19-33)30(37)39-2/h8-9,12-13,22-25,38H,3-7,10-11,14-21H2,1-2H3/q+1/t23-,24?,25?,35?/m0/s1. The third-order valence-electron chi connectivity index (χ3n) is 10.7. The molecular weight excluding hydrogens is 492 g/mol. The zero-order chi connectivity index (χ0) is 27.2. The highest BCUT2D eigenvalue weighted by molar-refractivity contribution is 6.42. The van der Waals surface area contributed by atoms with Crippen LogP contribution in [0.5, 0.6) is 0 Å². The van der Waals surface area contributed by atoms with Gasteiger partial charge in [0.1, 0.15) is 11.7 Å². The fraction of sp³-hybridized carbons (Fsp3) is 0.710. The lowest BCUT2D eigenvalue weighted by Crippen LogP contribution is -2.68. The van der Waals surface area contributed by atoms with Gasteiger partial charge >= 0.3 is 11.9 Å². The molecule has 0 radical (unpaired) electrons. The van der Waals surface area contributed by atoms with Gasteiger partial charge in [0.25, 0.3) is 0 Å². The van der Waals surface area contributed by atoms with Crippen molar-refractivity contribution in [3.8, 4) is 0 Å². The van der Waals surface area contributed by atoms with Crippen molar-refractivity contribution in [2.45, 2.75) is 113 Å². The summed E-state index contributed by atoms with van der Waals surface area (Å²) in [6.45, 7) is 0.785. The number of methoxy groups -OCH3 is 1. The Bertz CT molecular complexity index is 1110. The van der Waals surface area contributed by atoms with Gasteiger partial charge in [-0.25, -0.2) is 19.1 Å². The number of nitrogens with zero attached hydrogens (tertiary/aromatic N) is 4. The van der Waals surface area contributed by atoms with Crippen LogP contribution in [-0.4, -0.2) is 89.6 Å². The van der Waals surface area contributed by atoms with E-state index >= 15 is 0 Å². The summed E-state index contributed by atoms with van der Waals surface area (Å²) in [5.74, 6) is -0.0875. The van der Waals surface area contributed by atoms with Crippen molar-refractivity contribution in [2.24, 2.45) is 4.99 Å². The first-order valence-electron chi connectivity index (χ1n) is 15.3. The lowest BCUT2D eigenvalue weighted by Gasteiger charge is -2.50. The van der Waals surface area contributed by atoms with Gasteiger partial charge in [0.05, 0.1) is 14.2 Å². The molecule has 39 heavy (non-hydrogen) atoms. The molecule has 1 aromatic rings. The SMILES string of the molecule is COC(=O)C1(O)CCN(C2=Nc3ccccc3[N+](C)(C3CC4CC[C@@H](C3)N4C3CCCCCCC3)C2=O)CC1. The van der Waals surface area contributed by atoms with E-state index in [0.29, 0.717) is 37.1 Å². The molecule has 1 amide bonds. The van der Waals surface area contributed by atoms with E-state index in [1.165, 1.54) is 64.9 Å². The number of para-hydroxylation sites is 2. The van der Waals surface area contributed by atoms with Crippen LogP contribution in [0.2, 0.25) is 0 Å². The molecule has 1 aliphatic carbocycles. The molecule has 0 aromatic heterocycles. The minimum atomic E-state index is -1.50. The Hall–Kier alpha value is -2.29. The Balaban J connectivity index is 1.26. The summed E-state index contributed by atoms with van der Waals surface area (Å²) < 4.78 is 5.10. The second-order valence-corrected chi connectivity index (χ2v) is 12.8. The van der Waals surface area contributed by atoms with Crippen molar-refractivity contribution in [1.29, 1.82) is 0 Å². The van der Waals surface area contributed by atoms with Gasteiger partial charge in [-0.05, 0) is 31.7 Å². The van der Waals surface area contributed by atoms with Crippen molar-refractivity contribution < 1.29 is 19.4 Å². The van der Waals surface area contributed by atoms with Crippen LogP contribution in [0.15, 0.2) is 29.3 Å². The molecule has 3 unspecified atom stereocenters. The molecule has 4 atom stereocenters. The molecule has 3 saturated heterocycles. The number of carbonyl (C=O) groups excluding carboxylic acids is 2. The number of aliphatic imine (C=N–C) groups is 1. The number of likely N-dealkylation sites (tertiary alicyclic amines) is 1. The van der Waals surface area contributed by atoms with Crippen molar-refractivity contribution in [2.75, 3.05) is 27.2 Å². The molecule has 1 N–H and O–H groups in total. The van der Waals surface area contributed by atoms with Crippen LogP contribution in [-0.2, 0) is 14.3 Å². The average Bonchev–Trinajstić information content (AvgIpc) is 3.18. The number of amides is 1. The number of piperidine rings is 2. The summed E-state index contributed by atoms with van der Waals surface area (Å²) in [7, 11) is 3.41. The van der Waals surface area contributed by atoms with E-state index < -0.39 is 11.6 Å². The maximum absolute atomic E-state index is 14.5. The quantitative estimate of drug-likeness (QED) is 0.457. The number of amidine groups is 1. The molecule has 8 heteroatoms. The number of fused-ring (bicyclic) bond motifs is 3. The highest BCUT2D eigenvalue weighted by Crippen LogP contribution is 2.47. The number of ether oxygens (including phenoxy) is 1. The van der Waals surface area contributed by atoms with E-state index in [1.54, 1.807) is 0 Å². The van der Waals surface area contributed by atoms with E-state index in [-0.39, 0.29) is 29.3 Å². The number of esters is 1. The summed E-state index contributed by atoms with van der Waals surface area (Å²) in [6.07, 6.45) is 14.5. The number of rotatable bonds is 3. The van der Waals surface area contributed by atoms with Gasteiger partial charge in [-0.1, -0.05) is 44.2 Å². The number of aliphatic hydroxyl groups is 1. The molecule has 2 bridgehead atoms. The normalized spacial score (nSPS) is 33.6. The molecule has 1 aromatic carbocycles. The molecule has 4 fully saturated rings. The fourth-order valence-electron chi connectivity index (χ4n) is 8.42. The van der Waals surface area contributed by atoms with Crippen molar-refractivity contribution >= 4 is 29.1 Å². The van der Waals surface area contributed by atoms with Crippen LogP contribution in [0.4, 0.5) is 11.4 Å². The van der Waals surface area contributed by atoms with E-state index in [0.717, 1.165) is 24.2 Å². The van der Waals surface area contributed by atoms with Crippen LogP contribution in [0.25, 0.3) is 0 Å². The number of hydrogen-bond acceptors (Lipinski definition) is 7. The number of quaternary nitrogens is 1. The Morgan fingerprint density at radius 2 is 1.59 bits per heavy atom. The minimum Gasteiger partial charge on any atom is -0.467 e. The second kappa shape index (κ2) is 10.6. The largest absolute Gasteiger partial charge is 0.467 e. The van der Waals surface area contributed by atoms with E-state index in [1.807, 2.05) is 23.1 Å². The highest BCUT2D eigenvalue weighted by Gasteiger charge is 2.56. The third-order valence-corrected chi connectivity index (χ3v) is 10.7. The number of carbonyl (C=O) groups is 2. The Kier molecular flexibility index (Phi) is 7.31. The second-order valence-electron chi connectivity index (χ2n) is 12.8. The Morgan fingerprint density at radius 1 is 0.974 bits per heavy atom. The van der Waals surface area contributed by atoms with Crippen LogP contribution in [0, 0.1) is 0 Å². The fourth-order valence-corrected chi connectivity index (χ4v) is 8.42. The first kappa shape index (κ1) is 26.9. The van der Waals surface area contributed by atoms with Gasteiger partial charge in [0.15, 0.2) is 11.3 Å². The average molecular weight is 538 g/mol. The zero-order valence-corrected chi connectivity index (χ0v) is 23.7. The molecule has 8 nitrogen and oxygen atoms in total. The lowest BCUT2D eigenvalue weighted by atomic mass is 9.87. The summed E-state index contributed by atoms with van der Waals surface area (Å²) in [5.41, 5.74) is 0.360. The topological polar surface area (TPSA) is 82.4 Å². The van der Waals surface area contributed by atoms with Gasteiger partial charge in [-0.2, -0.15) is 0 Å². The van der Waals surface area contributed by atoms with Gasteiger partial charge < -0.3 is 14.7 Å². The number of hydrogen-bond donors (Lipinski definition) is 1. The van der Waals surface area contributed by atoms with Crippen molar-refractivity contribution in [3.05, 3.63) is 24.3 Å². The lowest BCUT2D eigenvalue weighted by molar-refractivity contribution is -0.166. The molecule has 6 rings (SSSR count). The maximum Gasteiger partial charge on any atom is 0.386 e. The predicted octanol–water partition coefficient (Wildman–Crippen LogP) is 4.30. The van der Waals surface area contributed by atoms with Crippen LogP contribution in [0.1, 0.15) is 83.5 Å². The van der Waals surface area contributed by atoms with Crippen LogP contribution < -0.4 is 4.48 Å². The van der Waals surface area contributed by atoms with Crippen LogP contribution in [0.3, 0.4) is 0 Å². The Morgan fingerprint density at radius 3 is 2.23 bits per heavy atom. The summed E-state index contributed by atoms with van der Waals surface area (Å²) in [6, 6.07) is 10.2. The third kappa shape index (κ3) is 4.62. The Labute approximate surface area is 232 Å². The molecule has 4 heterocycles. The van der Waals surface area contributed by atoms with Gasteiger partial charge in [0.2, 0.25) is 5.84 Å². The van der Waals surface area contributed by atoms with E-state index in [9.17, 15) is 14.7 Å². The summed E-state index contributed by atoms with van der Waals surface area (Å²) in [5, 5.41) is 10.8. The monoisotopic (exact) mass is 537 g/mol. The van der Waals surface area contributed by atoms with Crippen molar-refractivity contribution in [1.82, 2.24) is 14.3 Å². The zero-order valence-electron chi connectivity index (χ0n) is 23.7. The predicted molar refractivity (Wildman–Crippen MR) is 152 cm³/mol. The van der Waals surface area contributed by atoms with Gasteiger partial charge in [0, 0.05) is 63.0 Å². The summed E-state index contributed by atoms with van der Waals surface area (Å²) in [4.78, 5) is 36.4. The first-order valence-corrected chi connectivity index (χ1v) is 15.3.